The van der Waals surface area contributed by atoms with Crippen LogP contribution in [0.5, 0.6) is 5.75 Å². The fourth-order valence-corrected chi connectivity index (χ4v) is 4.99. The Labute approximate surface area is 227 Å². The molecule has 5 rings (SSSR count). The first-order valence-corrected chi connectivity index (χ1v) is 13.6. The second-order valence-corrected chi connectivity index (χ2v) is 10.2. The molecule has 10 heteroatoms. The highest BCUT2D eigenvalue weighted by atomic mass is 35.5. The Morgan fingerprint density at radius 2 is 1.51 bits per heavy atom. The molecule has 2 fully saturated rings. The zero-order valence-corrected chi connectivity index (χ0v) is 22.3. The van der Waals surface area contributed by atoms with Gasteiger partial charge in [0.25, 0.3) is 0 Å². The summed E-state index contributed by atoms with van der Waals surface area (Å²) < 4.78 is 5.93. The van der Waals surface area contributed by atoms with Gasteiger partial charge in [-0.1, -0.05) is 41.4 Å². The lowest BCUT2D eigenvalue weighted by Gasteiger charge is -2.30. The molecule has 2 saturated heterocycles. The lowest BCUT2D eigenvalue weighted by Crippen LogP contribution is -2.34. The van der Waals surface area contributed by atoms with Crippen molar-refractivity contribution >= 4 is 47.3 Å². The Hall–Kier alpha value is -3.10. The zero-order valence-electron chi connectivity index (χ0n) is 20.7. The Morgan fingerprint density at radius 1 is 0.838 bits per heavy atom. The van der Waals surface area contributed by atoms with Crippen LogP contribution in [0.2, 0.25) is 10.0 Å². The van der Waals surface area contributed by atoms with Crippen LogP contribution in [0.15, 0.2) is 47.6 Å². The summed E-state index contributed by atoms with van der Waals surface area (Å²) in [5.74, 6) is 2.63. The van der Waals surface area contributed by atoms with Crippen molar-refractivity contribution in [2.24, 2.45) is 5.10 Å². The van der Waals surface area contributed by atoms with Crippen LogP contribution in [0, 0.1) is 0 Å². The van der Waals surface area contributed by atoms with Gasteiger partial charge in [0.2, 0.25) is 17.8 Å². The largest absolute Gasteiger partial charge is 0.489 e. The molecular weight excluding hydrogens is 509 g/mol. The molecule has 0 saturated carbocycles. The summed E-state index contributed by atoms with van der Waals surface area (Å²) in [6.07, 6.45) is 8.88. The van der Waals surface area contributed by atoms with E-state index in [1.165, 1.54) is 12.8 Å². The number of anilines is 3. The molecule has 0 unspecified atom stereocenters. The van der Waals surface area contributed by atoms with Crippen molar-refractivity contribution < 1.29 is 4.74 Å². The maximum absolute atomic E-state index is 6.26. The lowest BCUT2D eigenvalue weighted by molar-refractivity contribution is 0.306. The Bertz CT molecular complexity index is 1190. The van der Waals surface area contributed by atoms with Gasteiger partial charge in [-0.05, 0) is 68.4 Å². The van der Waals surface area contributed by atoms with Crippen LogP contribution in [-0.2, 0) is 6.61 Å². The van der Waals surface area contributed by atoms with E-state index in [0.717, 1.165) is 80.6 Å². The molecule has 0 spiro atoms. The first-order valence-electron chi connectivity index (χ1n) is 12.9. The van der Waals surface area contributed by atoms with Crippen LogP contribution in [-0.4, -0.2) is 47.3 Å². The second kappa shape index (κ2) is 12.4. The molecule has 0 amide bonds. The molecule has 2 aliphatic heterocycles. The van der Waals surface area contributed by atoms with Gasteiger partial charge in [0.05, 0.1) is 6.21 Å². The van der Waals surface area contributed by atoms with Crippen molar-refractivity contribution in [1.82, 2.24) is 15.0 Å². The number of halogens is 2. The first-order chi connectivity index (χ1) is 18.1. The molecule has 0 atom stereocenters. The number of hydrogen-bond acceptors (Lipinski definition) is 8. The maximum atomic E-state index is 6.26. The molecule has 0 aliphatic carbocycles. The van der Waals surface area contributed by atoms with Crippen LogP contribution >= 0.6 is 23.2 Å². The van der Waals surface area contributed by atoms with Gasteiger partial charge in [-0.25, -0.2) is 5.43 Å². The molecule has 0 radical (unpaired) electrons. The summed E-state index contributed by atoms with van der Waals surface area (Å²) in [5.41, 5.74) is 4.78. The van der Waals surface area contributed by atoms with E-state index in [9.17, 15) is 0 Å². The minimum Gasteiger partial charge on any atom is -0.489 e. The third kappa shape index (κ3) is 7.02. The Balaban J connectivity index is 1.27. The van der Waals surface area contributed by atoms with E-state index in [0.29, 0.717) is 22.6 Å². The van der Waals surface area contributed by atoms with Gasteiger partial charge in [-0.2, -0.15) is 20.1 Å². The smallest absolute Gasteiger partial charge is 0.250 e. The molecular formula is C27H31Cl2N7O. The van der Waals surface area contributed by atoms with E-state index in [1.54, 1.807) is 18.3 Å². The van der Waals surface area contributed by atoms with Crippen molar-refractivity contribution in [3.63, 3.8) is 0 Å². The molecule has 3 aromatic rings. The number of piperidine rings is 2. The molecule has 2 aliphatic rings. The van der Waals surface area contributed by atoms with Gasteiger partial charge in [0.15, 0.2) is 0 Å². The third-order valence-electron chi connectivity index (χ3n) is 6.54. The van der Waals surface area contributed by atoms with E-state index in [-0.39, 0.29) is 0 Å². The summed E-state index contributed by atoms with van der Waals surface area (Å²) in [5, 5.41) is 5.60. The van der Waals surface area contributed by atoms with E-state index < -0.39 is 0 Å². The summed E-state index contributed by atoms with van der Waals surface area (Å²) in [7, 11) is 0. The standard InChI is InChI=1S/C27H31Cl2N7O/c28-22-11-10-21(24(29)17-22)19-37-23-9-7-8-20(16-23)18-30-34-25-31-26(35-12-3-1-4-13-35)33-27(32-25)36-14-5-2-6-15-36/h7-11,16-18H,1-6,12-15,19H2,(H,31,32,33,34)/b30-18+. The topological polar surface area (TPSA) is 78.8 Å². The molecule has 37 heavy (non-hydrogen) atoms. The minimum atomic E-state index is 0.345. The van der Waals surface area contributed by atoms with Crippen LogP contribution in [0.3, 0.4) is 0 Å². The highest BCUT2D eigenvalue weighted by Gasteiger charge is 2.20. The van der Waals surface area contributed by atoms with Gasteiger partial charge in [-0.3, -0.25) is 0 Å². The van der Waals surface area contributed by atoms with Crippen LogP contribution in [0.1, 0.15) is 49.7 Å². The molecule has 0 bridgehead atoms. The SMILES string of the molecule is Clc1ccc(COc2cccc(/C=N/Nc3nc(N4CCCCC4)nc(N4CCCCC4)n3)c2)c(Cl)c1. The normalized spacial score (nSPS) is 16.3. The third-order valence-corrected chi connectivity index (χ3v) is 7.12. The Kier molecular flexibility index (Phi) is 8.58. The van der Waals surface area contributed by atoms with Gasteiger partial charge in [0, 0.05) is 41.8 Å². The molecule has 3 heterocycles. The number of ether oxygens (including phenoxy) is 1. The second-order valence-electron chi connectivity index (χ2n) is 9.32. The Morgan fingerprint density at radius 3 is 2.16 bits per heavy atom. The van der Waals surface area contributed by atoms with Crippen molar-refractivity contribution in [2.45, 2.75) is 45.1 Å². The highest BCUT2D eigenvalue weighted by Crippen LogP contribution is 2.24. The number of benzene rings is 2. The molecule has 8 nitrogen and oxygen atoms in total. The zero-order chi connectivity index (χ0) is 25.5. The van der Waals surface area contributed by atoms with Crippen LogP contribution in [0.4, 0.5) is 17.8 Å². The quantitative estimate of drug-likeness (QED) is 0.270. The average molecular weight is 540 g/mol. The van der Waals surface area contributed by atoms with Crippen molar-refractivity contribution in [2.75, 3.05) is 41.4 Å². The molecule has 1 N–H and O–H groups in total. The highest BCUT2D eigenvalue weighted by molar-refractivity contribution is 6.35. The lowest BCUT2D eigenvalue weighted by atomic mass is 10.1. The average Bonchev–Trinajstić information content (AvgIpc) is 2.94. The van der Waals surface area contributed by atoms with E-state index in [4.69, 9.17) is 32.9 Å². The summed E-state index contributed by atoms with van der Waals surface area (Å²) in [6.45, 7) is 4.24. The molecule has 194 valence electrons. The van der Waals surface area contributed by atoms with E-state index >= 15 is 0 Å². The monoisotopic (exact) mass is 539 g/mol. The van der Waals surface area contributed by atoms with E-state index in [1.807, 2.05) is 30.3 Å². The van der Waals surface area contributed by atoms with Crippen LogP contribution in [0.25, 0.3) is 0 Å². The first kappa shape index (κ1) is 25.5. The summed E-state index contributed by atoms with van der Waals surface area (Å²) in [6, 6.07) is 13.1. The molecule has 1 aromatic heterocycles. The van der Waals surface area contributed by atoms with Crippen molar-refractivity contribution in [3.8, 4) is 5.75 Å². The fraction of sp³-hybridized carbons (Fsp3) is 0.407. The van der Waals surface area contributed by atoms with Crippen molar-refractivity contribution in [3.05, 3.63) is 63.6 Å². The maximum Gasteiger partial charge on any atom is 0.250 e. The number of hydrazone groups is 1. The molecule has 2 aromatic carbocycles. The fourth-order valence-electron chi connectivity index (χ4n) is 4.52. The number of aromatic nitrogens is 3. The predicted octanol–water partition coefficient (Wildman–Crippen LogP) is 6.18. The van der Waals surface area contributed by atoms with Gasteiger partial charge >= 0.3 is 0 Å². The number of hydrogen-bond donors (Lipinski definition) is 1. The summed E-state index contributed by atoms with van der Waals surface area (Å²) >= 11 is 12.2. The number of nitrogens with one attached hydrogen (secondary N) is 1. The number of rotatable bonds is 8. The van der Waals surface area contributed by atoms with Gasteiger partial charge < -0.3 is 14.5 Å². The minimum absolute atomic E-state index is 0.345. The van der Waals surface area contributed by atoms with E-state index in [2.05, 4.69) is 30.3 Å². The predicted molar refractivity (Wildman–Crippen MR) is 150 cm³/mol. The van der Waals surface area contributed by atoms with Crippen LogP contribution < -0.4 is 20.0 Å². The number of nitrogens with zero attached hydrogens (tertiary/aromatic N) is 6. The van der Waals surface area contributed by atoms with Crippen molar-refractivity contribution in [1.29, 1.82) is 0 Å². The summed E-state index contributed by atoms with van der Waals surface area (Å²) in [4.78, 5) is 18.7. The van der Waals surface area contributed by atoms with Gasteiger partial charge in [0.1, 0.15) is 12.4 Å². The van der Waals surface area contributed by atoms with Gasteiger partial charge in [-0.15, -0.1) is 0 Å².